The zero-order valence-electron chi connectivity index (χ0n) is 19.4. The highest BCUT2D eigenvalue weighted by molar-refractivity contribution is 7.89. The van der Waals surface area contributed by atoms with Crippen molar-refractivity contribution in [1.29, 1.82) is 0 Å². The first-order valence-electron chi connectivity index (χ1n) is 11.0. The quantitative estimate of drug-likeness (QED) is 0.356. The topological polar surface area (TPSA) is 93.1 Å². The van der Waals surface area contributed by atoms with Crippen LogP contribution >= 0.6 is 11.3 Å². The molecule has 2 aromatic carbocycles. The lowest BCUT2D eigenvalue weighted by molar-refractivity contribution is 0.288. The fraction of sp³-hybridized carbons (Fsp3) is 0.333. The molecular weight excluding hydrogens is 472 g/mol. The molecular formula is C24H28N4O4S2. The number of thiazole rings is 1. The monoisotopic (exact) mass is 500 g/mol. The summed E-state index contributed by atoms with van der Waals surface area (Å²) in [5, 5.41) is 6.72. The number of hydrogen-bond donors (Lipinski definition) is 1. The van der Waals surface area contributed by atoms with E-state index in [2.05, 4.69) is 22.4 Å². The number of methoxy groups -OCH3 is 2. The molecule has 0 saturated carbocycles. The predicted octanol–water partition coefficient (Wildman–Crippen LogP) is 4.69. The molecule has 1 saturated heterocycles. The van der Waals surface area contributed by atoms with E-state index < -0.39 is 10.0 Å². The zero-order valence-corrected chi connectivity index (χ0v) is 21.0. The predicted molar refractivity (Wildman–Crippen MR) is 135 cm³/mol. The Morgan fingerprint density at radius 2 is 1.91 bits per heavy atom. The summed E-state index contributed by atoms with van der Waals surface area (Å²) in [6.45, 7) is 3.29. The number of nitrogens with one attached hydrogen (secondary N) is 1. The van der Waals surface area contributed by atoms with Crippen molar-refractivity contribution >= 4 is 32.7 Å². The lowest BCUT2D eigenvalue weighted by Gasteiger charge is -2.29. The standard InChI is InChI=1S/C24H28N4O4S2/c1-17-10-12-28(13-11-17)34(29,30)20-8-4-6-18(14-20)21-16-33-24(26-21)27-25-15-19-7-5-9-22(31-2)23(19)32-3/h4-9,14-17H,10-13H2,1-3H3,(H,26,27)/b25-15+. The third-order valence-corrected chi connectivity index (χ3v) is 8.45. The average molecular weight is 501 g/mol. The molecule has 34 heavy (non-hydrogen) atoms. The van der Waals surface area contributed by atoms with Gasteiger partial charge in [0, 0.05) is 29.6 Å². The van der Waals surface area contributed by atoms with Gasteiger partial charge >= 0.3 is 0 Å². The molecule has 1 aliphatic rings. The summed E-state index contributed by atoms with van der Waals surface area (Å²) in [5.41, 5.74) is 5.12. The highest BCUT2D eigenvalue weighted by Gasteiger charge is 2.28. The molecule has 2 heterocycles. The van der Waals surface area contributed by atoms with Crippen molar-refractivity contribution in [3.05, 3.63) is 53.4 Å². The minimum atomic E-state index is -3.52. The lowest BCUT2D eigenvalue weighted by atomic mass is 10.0. The van der Waals surface area contributed by atoms with Crippen LogP contribution in [0.1, 0.15) is 25.3 Å². The molecule has 0 amide bonds. The van der Waals surface area contributed by atoms with Crippen LogP contribution < -0.4 is 14.9 Å². The molecule has 3 aromatic rings. The average Bonchev–Trinajstić information content (AvgIpc) is 3.33. The molecule has 0 spiro atoms. The lowest BCUT2D eigenvalue weighted by Crippen LogP contribution is -2.37. The van der Waals surface area contributed by atoms with Crippen molar-refractivity contribution in [2.75, 3.05) is 32.7 Å². The van der Waals surface area contributed by atoms with Gasteiger partial charge in [0.05, 0.1) is 31.0 Å². The number of anilines is 1. The minimum Gasteiger partial charge on any atom is -0.493 e. The van der Waals surface area contributed by atoms with E-state index in [1.54, 1.807) is 42.9 Å². The fourth-order valence-electron chi connectivity index (χ4n) is 3.82. The summed E-state index contributed by atoms with van der Waals surface area (Å²) < 4.78 is 38.5. The first-order valence-corrected chi connectivity index (χ1v) is 13.3. The van der Waals surface area contributed by atoms with Crippen LogP contribution in [0.5, 0.6) is 11.5 Å². The summed E-state index contributed by atoms with van der Waals surface area (Å²) in [6.07, 6.45) is 3.42. The molecule has 1 aliphatic heterocycles. The Kier molecular flexibility index (Phi) is 7.50. The van der Waals surface area contributed by atoms with Crippen molar-refractivity contribution < 1.29 is 17.9 Å². The van der Waals surface area contributed by atoms with Crippen molar-refractivity contribution in [3.63, 3.8) is 0 Å². The van der Waals surface area contributed by atoms with E-state index in [-0.39, 0.29) is 0 Å². The molecule has 10 heteroatoms. The van der Waals surface area contributed by atoms with Gasteiger partial charge < -0.3 is 9.47 Å². The number of nitrogens with zero attached hydrogens (tertiary/aromatic N) is 3. The van der Waals surface area contributed by atoms with Gasteiger partial charge in [-0.15, -0.1) is 11.3 Å². The molecule has 4 rings (SSSR count). The largest absolute Gasteiger partial charge is 0.493 e. The van der Waals surface area contributed by atoms with E-state index in [1.165, 1.54) is 11.3 Å². The molecule has 1 aromatic heterocycles. The van der Waals surface area contributed by atoms with Crippen LogP contribution in [0.25, 0.3) is 11.3 Å². The summed E-state index contributed by atoms with van der Waals surface area (Å²) in [7, 11) is -0.355. The van der Waals surface area contributed by atoms with Gasteiger partial charge in [0.1, 0.15) is 0 Å². The van der Waals surface area contributed by atoms with Crippen molar-refractivity contribution in [1.82, 2.24) is 9.29 Å². The minimum absolute atomic E-state index is 0.296. The number of para-hydroxylation sites is 1. The summed E-state index contributed by atoms with van der Waals surface area (Å²) >= 11 is 1.39. The number of benzene rings is 2. The van der Waals surface area contributed by atoms with Crippen LogP contribution in [0, 0.1) is 5.92 Å². The number of hydrazone groups is 1. The molecule has 180 valence electrons. The Morgan fingerprint density at radius 3 is 2.65 bits per heavy atom. The molecule has 0 bridgehead atoms. The Hall–Kier alpha value is -2.95. The molecule has 8 nitrogen and oxygen atoms in total. The first-order chi connectivity index (χ1) is 16.4. The maximum absolute atomic E-state index is 13.1. The van der Waals surface area contributed by atoms with Gasteiger partial charge in [0.25, 0.3) is 0 Å². The number of piperidine rings is 1. The molecule has 0 unspecified atom stereocenters. The van der Waals surface area contributed by atoms with Gasteiger partial charge in [-0.1, -0.05) is 25.1 Å². The van der Waals surface area contributed by atoms with E-state index in [0.717, 1.165) is 24.0 Å². The first kappa shape index (κ1) is 24.2. The number of hydrogen-bond acceptors (Lipinski definition) is 8. The Bertz CT molecular complexity index is 1270. The zero-order chi connectivity index (χ0) is 24.1. The normalized spacial score (nSPS) is 15.5. The number of sulfonamides is 1. The maximum atomic E-state index is 13.1. The molecule has 0 atom stereocenters. The van der Waals surface area contributed by atoms with Gasteiger partial charge in [-0.05, 0) is 43.0 Å². The van der Waals surface area contributed by atoms with Gasteiger partial charge in [0.2, 0.25) is 15.2 Å². The third kappa shape index (κ3) is 5.24. The molecule has 1 N–H and O–H groups in total. The van der Waals surface area contributed by atoms with Crippen LogP contribution in [0.3, 0.4) is 0 Å². The van der Waals surface area contributed by atoms with Crippen LogP contribution in [0.15, 0.2) is 57.8 Å². The number of rotatable bonds is 8. The highest BCUT2D eigenvalue weighted by Crippen LogP contribution is 2.31. The SMILES string of the molecule is COc1cccc(/C=N/Nc2nc(-c3cccc(S(=O)(=O)N4CCC(C)CC4)c3)cs2)c1OC. The molecule has 0 aliphatic carbocycles. The van der Waals surface area contributed by atoms with E-state index in [9.17, 15) is 8.42 Å². The number of aromatic nitrogens is 1. The van der Waals surface area contributed by atoms with Crippen molar-refractivity contribution in [3.8, 4) is 22.8 Å². The Balaban J connectivity index is 1.48. The third-order valence-electron chi connectivity index (χ3n) is 5.81. The van der Waals surface area contributed by atoms with E-state index in [1.807, 2.05) is 29.6 Å². The van der Waals surface area contributed by atoms with E-state index >= 15 is 0 Å². The van der Waals surface area contributed by atoms with Crippen LogP contribution in [0.2, 0.25) is 0 Å². The maximum Gasteiger partial charge on any atom is 0.243 e. The van der Waals surface area contributed by atoms with E-state index in [0.29, 0.717) is 46.2 Å². The Labute approximate surface area is 204 Å². The second-order valence-electron chi connectivity index (χ2n) is 8.11. The molecule has 1 fully saturated rings. The highest BCUT2D eigenvalue weighted by atomic mass is 32.2. The second kappa shape index (κ2) is 10.5. The van der Waals surface area contributed by atoms with Crippen LogP contribution in [0.4, 0.5) is 5.13 Å². The second-order valence-corrected chi connectivity index (χ2v) is 10.9. The summed E-state index contributed by atoms with van der Waals surface area (Å²) in [5.74, 6) is 1.78. The Morgan fingerprint density at radius 1 is 1.15 bits per heavy atom. The van der Waals surface area contributed by atoms with E-state index in [4.69, 9.17) is 9.47 Å². The summed E-state index contributed by atoms with van der Waals surface area (Å²) in [4.78, 5) is 4.86. The van der Waals surface area contributed by atoms with Gasteiger partial charge in [0.15, 0.2) is 11.5 Å². The molecule has 0 radical (unpaired) electrons. The fourth-order valence-corrected chi connectivity index (χ4v) is 6.00. The van der Waals surface area contributed by atoms with Crippen LogP contribution in [-0.4, -0.2) is 51.2 Å². The van der Waals surface area contributed by atoms with Crippen molar-refractivity contribution in [2.45, 2.75) is 24.7 Å². The smallest absolute Gasteiger partial charge is 0.243 e. The summed E-state index contributed by atoms with van der Waals surface area (Å²) in [6, 6.07) is 12.5. The van der Waals surface area contributed by atoms with Gasteiger partial charge in [-0.25, -0.2) is 13.4 Å². The van der Waals surface area contributed by atoms with Crippen LogP contribution in [-0.2, 0) is 10.0 Å². The number of ether oxygens (including phenoxy) is 2. The van der Waals surface area contributed by atoms with Gasteiger partial charge in [-0.3, -0.25) is 5.43 Å². The van der Waals surface area contributed by atoms with Gasteiger partial charge in [-0.2, -0.15) is 9.41 Å². The van der Waals surface area contributed by atoms with Crippen molar-refractivity contribution in [2.24, 2.45) is 11.0 Å².